The first-order chi connectivity index (χ1) is 14.7. The molecule has 0 aliphatic heterocycles. The number of aliphatic hydroxyl groups is 2. The van der Waals surface area contributed by atoms with E-state index in [4.69, 9.17) is 0 Å². The van der Waals surface area contributed by atoms with Crippen molar-refractivity contribution in [2.45, 2.75) is 131 Å². The Balaban J connectivity index is 1.61. The van der Waals surface area contributed by atoms with Gasteiger partial charge in [-0.3, -0.25) is 0 Å². The van der Waals surface area contributed by atoms with Gasteiger partial charge in [-0.05, 0) is 130 Å². The van der Waals surface area contributed by atoms with E-state index in [0.29, 0.717) is 34.0 Å². The minimum Gasteiger partial charge on any atom is -0.393 e. The fraction of sp³-hybridized carbons (Fsp3) is 0.933. The number of aliphatic hydroxyl groups excluding tert-OH is 1. The summed E-state index contributed by atoms with van der Waals surface area (Å²) in [6, 6.07) is 0. The lowest BCUT2D eigenvalue weighted by Crippen LogP contribution is -2.64. The molecule has 0 aromatic rings. The van der Waals surface area contributed by atoms with Gasteiger partial charge >= 0.3 is 0 Å². The average Bonchev–Trinajstić information content (AvgIpc) is 3.04. The fourth-order valence-electron chi connectivity index (χ4n) is 10.3. The standard InChI is InChI=1S/C30H52O2/c1-20(2)10-9-16-30(8,32)22-13-18-28(6)21(22)11-12-24-27(5)17-15-25(31)26(3,4)23(27)14-19-29(24,28)7/h10,21-25,31-32H,9,11-19H2,1-8H3/t21-,22+,23-,24-,25-,27+,28-,29-,30-/m1/s1. The normalized spacial score (nSPS) is 49.4. The predicted octanol–water partition coefficient (Wildman–Crippen LogP) is 7.53. The van der Waals surface area contributed by atoms with Gasteiger partial charge in [0.25, 0.3) is 0 Å². The van der Waals surface area contributed by atoms with Crippen LogP contribution in [0.4, 0.5) is 0 Å². The highest BCUT2D eigenvalue weighted by Crippen LogP contribution is 2.75. The van der Waals surface area contributed by atoms with Gasteiger partial charge in [0, 0.05) is 0 Å². The SMILES string of the molecule is CC(C)=CCC[C@@](C)(O)[C@H]1CC[C@]2(C)[C@@H]1CC[C@@H]1[C@@]3(C)CC[C@@H](O)C(C)(C)[C@H]3CC[C@]12C. The molecular formula is C30H52O2. The summed E-state index contributed by atoms with van der Waals surface area (Å²) in [5, 5.41) is 22.5. The number of hydrogen-bond acceptors (Lipinski definition) is 2. The van der Waals surface area contributed by atoms with Crippen LogP contribution in [-0.4, -0.2) is 21.9 Å². The molecule has 2 nitrogen and oxygen atoms in total. The molecule has 4 aliphatic rings. The monoisotopic (exact) mass is 444 g/mol. The van der Waals surface area contributed by atoms with Crippen molar-refractivity contribution in [2.24, 2.45) is 45.3 Å². The van der Waals surface area contributed by atoms with Crippen LogP contribution in [0.1, 0.15) is 120 Å². The summed E-state index contributed by atoms with van der Waals surface area (Å²) < 4.78 is 0. The summed E-state index contributed by atoms with van der Waals surface area (Å²) in [4.78, 5) is 0. The Kier molecular flexibility index (Phi) is 6.07. The molecule has 2 N–H and O–H groups in total. The molecule has 4 rings (SSSR count). The Morgan fingerprint density at radius 3 is 2.19 bits per heavy atom. The van der Waals surface area contributed by atoms with Crippen molar-refractivity contribution in [1.29, 1.82) is 0 Å². The highest BCUT2D eigenvalue weighted by Gasteiger charge is 2.69. The van der Waals surface area contributed by atoms with E-state index in [-0.39, 0.29) is 11.5 Å². The van der Waals surface area contributed by atoms with E-state index in [0.717, 1.165) is 25.2 Å². The molecule has 2 heteroatoms. The molecule has 4 aliphatic carbocycles. The van der Waals surface area contributed by atoms with Crippen LogP contribution >= 0.6 is 0 Å². The molecule has 0 aromatic heterocycles. The lowest BCUT2D eigenvalue weighted by Gasteiger charge is -2.70. The molecule has 4 saturated carbocycles. The quantitative estimate of drug-likeness (QED) is 0.440. The molecule has 0 bridgehead atoms. The number of fused-ring (bicyclic) bond motifs is 5. The molecule has 0 spiro atoms. The topological polar surface area (TPSA) is 40.5 Å². The first-order valence-electron chi connectivity index (χ1n) is 13.7. The molecule has 184 valence electrons. The number of allylic oxidation sites excluding steroid dienone is 2. The molecule has 0 heterocycles. The van der Waals surface area contributed by atoms with E-state index in [1.54, 1.807) is 0 Å². The Bertz CT molecular complexity index is 746. The average molecular weight is 445 g/mol. The number of rotatable bonds is 4. The van der Waals surface area contributed by atoms with Crippen molar-refractivity contribution in [3.63, 3.8) is 0 Å². The van der Waals surface area contributed by atoms with Crippen LogP contribution in [0, 0.1) is 45.3 Å². The second-order valence-corrected chi connectivity index (χ2v) is 14.4. The fourth-order valence-corrected chi connectivity index (χ4v) is 10.3. The van der Waals surface area contributed by atoms with Gasteiger partial charge in [0.2, 0.25) is 0 Å². The third kappa shape index (κ3) is 3.40. The Labute approximate surface area is 198 Å². The third-order valence-electron chi connectivity index (χ3n) is 12.4. The second kappa shape index (κ2) is 7.84. The molecular weight excluding hydrogens is 392 g/mol. The summed E-state index contributed by atoms with van der Waals surface area (Å²) in [7, 11) is 0. The van der Waals surface area contributed by atoms with Crippen LogP contribution in [0.15, 0.2) is 11.6 Å². The van der Waals surface area contributed by atoms with Crippen molar-refractivity contribution >= 4 is 0 Å². The zero-order chi connectivity index (χ0) is 23.7. The molecule has 0 aromatic carbocycles. The minimum atomic E-state index is -0.560. The summed E-state index contributed by atoms with van der Waals surface area (Å²) in [5.74, 6) is 2.45. The maximum absolute atomic E-state index is 11.6. The van der Waals surface area contributed by atoms with E-state index in [1.165, 1.54) is 50.5 Å². The van der Waals surface area contributed by atoms with Gasteiger partial charge in [0.05, 0.1) is 11.7 Å². The van der Waals surface area contributed by atoms with Gasteiger partial charge < -0.3 is 10.2 Å². The third-order valence-corrected chi connectivity index (χ3v) is 12.4. The van der Waals surface area contributed by atoms with Gasteiger partial charge in [0.1, 0.15) is 0 Å². The van der Waals surface area contributed by atoms with Crippen LogP contribution in [0.2, 0.25) is 0 Å². The molecule has 0 radical (unpaired) electrons. The van der Waals surface area contributed by atoms with Crippen LogP contribution in [0.25, 0.3) is 0 Å². The molecule has 4 fully saturated rings. The highest BCUT2D eigenvalue weighted by molar-refractivity contribution is 5.18. The largest absolute Gasteiger partial charge is 0.393 e. The summed E-state index contributed by atoms with van der Waals surface area (Å²) in [6.45, 7) is 19.0. The van der Waals surface area contributed by atoms with Crippen LogP contribution in [-0.2, 0) is 0 Å². The van der Waals surface area contributed by atoms with E-state index >= 15 is 0 Å². The lowest BCUT2D eigenvalue weighted by molar-refractivity contribution is -0.225. The van der Waals surface area contributed by atoms with E-state index in [1.807, 2.05) is 0 Å². The van der Waals surface area contributed by atoms with E-state index in [2.05, 4.69) is 61.5 Å². The molecule has 32 heavy (non-hydrogen) atoms. The zero-order valence-corrected chi connectivity index (χ0v) is 22.4. The molecule has 9 atom stereocenters. The van der Waals surface area contributed by atoms with Crippen molar-refractivity contribution in [3.05, 3.63) is 11.6 Å². The van der Waals surface area contributed by atoms with E-state index in [9.17, 15) is 10.2 Å². The lowest BCUT2D eigenvalue weighted by atomic mass is 9.35. The predicted molar refractivity (Wildman–Crippen MR) is 134 cm³/mol. The highest BCUT2D eigenvalue weighted by atomic mass is 16.3. The first kappa shape index (κ1) is 24.8. The van der Waals surface area contributed by atoms with Gasteiger partial charge in [-0.1, -0.05) is 46.3 Å². The molecule has 0 amide bonds. The van der Waals surface area contributed by atoms with Crippen molar-refractivity contribution in [2.75, 3.05) is 0 Å². The van der Waals surface area contributed by atoms with Crippen LogP contribution < -0.4 is 0 Å². The maximum Gasteiger partial charge on any atom is 0.0653 e. The van der Waals surface area contributed by atoms with Gasteiger partial charge in [-0.15, -0.1) is 0 Å². The number of hydrogen-bond donors (Lipinski definition) is 2. The smallest absolute Gasteiger partial charge is 0.0653 e. The summed E-state index contributed by atoms with van der Waals surface area (Å²) in [5.41, 5.74) is 1.84. The van der Waals surface area contributed by atoms with Gasteiger partial charge in [-0.2, -0.15) is 0 Å². The molecule has 0 saturated heterocycles. The summed E-state index contributed by atoms with van der Waals surface area (Å²) >= 11 is 0. The molecule has 0 unspecified atom stereocenters. The van der Waals surface area contributed by atoms with Crippen molar-refractivity contribution in [3.8, 4) is 0 Å². The van der Waals surface area contributed by atoms with Crippen LogP contribution in [0.5, 0.6) is 0 Å². The van der Waals surface area contributed by atoms with Crippen LogP contribution in [0.3, 0.4) is 0 Å². The second-order valence-electron chi connectivity index (χ2n) is 14.4. The Morgan fingerprint density at radius 1 is 0.875 bits per heavy atom. The Hall–Kier alpha value is -0.340. The van der Waals surface area contributed by atoms with Gasteiger partial charge in [-0.25, -0.2) is 0 Å². The zero-order valence-electron chi connectivity index (χ0n) is 22.4. The van der Waals surface area contributed by atoms with Crippen molar-refractivity contribution in [1.82, 2.24) is 0 Å². The minimum absolute atomic E-state index is 0.0267. The first-order valence-corrected chi connectivity index (χ1v) is 13.7. The van der Waals surface area contributed by atoms with Gasteiger partial charge in [0.15, 0.2) is 0 Å². The van der Waals surface area contributed by atoms with Crippen molar-refractivity contribution < 1.29 is 10.2 Å². The summed E-state index contributed by atoms with van der Waals surface area (Å²) in [6.07, 6.45) is 13.8. The van der Waals surface area contributed by atoms with E-state index < -0.39 is 5.60 Å². The maximum atomic E-state index is 11.6. The Morgan fingerprint density at radius 2 is 1.53 bits per heavy atom.